The van der Waals surface area contributed by atoms with Gasteiger partial charge in [-0.05, 0) is 44.1 Å². The zero-order valence-electron chi connectivity index (χ0n) is 11.5. The molecule has 3 unspecified atom stereocenters. The molecule has 0 aromatic carbocycles. The SMILES string of the molecule is CC(C)C1CCC(N)C(CN(C)CC(F)(F)F)C1. The Bertz CT molecular complexity index is 253. The van der Waals surface area contributed by atoms with Crippen molar-refractivity contribution in [2.24, 2.45) is 23.5 Å². The van der Waals surface area contributed by atoms with Crippen molar-refractivity contribution in [1.82, 2.24) is 4.90 Å². The van der Waals surface area contributed by atoms with E-state index in [0.717, 1.165) is 19.3 Å². The number of hydrogen-bond acceptors (Lipinski definition) is 2. The summed E-state index contributed by atoms with van der Waals surface area (Å²) >= 11 is 0. The van der Waals surface area contributed by atoms with Crippen LogP contribution in [0.3, 0.4) is 0 Å². The maximum Gasteiger partial charge on any atom is 0.401 e. The van der Waals surface area contributed by atoms with Crippen molar-refractivity contribution in [2.75, 3.05) is 20.1 Å². The van der Waals surface area contributed by atoms with Crippen LogP contribution in [-0.2, 0) is 0 Å². The van der Waals surface area contributed by atoms with Crippen molar-refractivity contribution < 1.29 is 13.2 Å². The lowest BCUT2D eigenvalue weighted by atomic mass is 9.74. The third-order valence-corrected chi connectivity index (χ3v) is 4.02. The Labute approximate surface area is 108 Å². The molecule has 0 heterocycles. The number of halogens is 3. The van der Waals surface area contributed by atoms with Crippen molar-refractivity contribution in [3.63, 3.8) is 0 Å². The minimum absolute atomic E-state index is 0.0516. The van der Waals surface area contributed by atoms with Crippen LogP contribution in [0.5, 0.6) is 0 Å². The van der Waals surface area contributed by atoms with Gasteiger partial charge in [-0.1, -0.05) is 13.8 Å². The van der Waals surface area contributed by atoms with Gasteiger partial charge in [0, 0.05) is 12.6 Å². The molecule has 1 aliphatic carbocycles. The fourth-order valence-corrected chi connectivity index (χ4v) is 2.91. The molecule has 1 aliphatic rings. The van der Waals surface area contributed by atoms with Crippen molar-refractivity contribution >= 4 is 0 Å². The summed E-state index contributed by atoms with van der Waals surface area (Å²) in [5.41, 5.74) is 6.05. The molecule has 108 valence electrons. The highest BCUT2D eigenvalue weighted by atomic mass is 19.4. The van der Waals surface area contributed by atoms with Gasteiger partial charge in [-0.2, -0.15) is 13.2 Å². The first-order valence-electron chi connectivity index (χ1n) is 6.70. The number of rotatable bonds is 4. The van der Waals surface area contributed by atoms with E-state index >= 15 is 0 Å². The first-order valence-corrected chi connectivity index (χ1v) is 6.70. The molecular formula is C13H25F3N2. The van der Waals surface area contributed by atoms with E-state index < -0.39 is 12.7 Å². The lowest BCUT2D eigenvalue weighted by Gasteiger charge is -2.38. The lowest BCUT2D eigenvalue weighted by Crippen LogP contribution is -2.44. The number of hydrogen-bond donors (Lipinski definition) is 1. The Morgan fingerprint density at radius 2 is 1.89 bits per heavy atom. The number of alkyl halides is 3. The zero-order chi connectivity index (χ0) is 13.9. The number of nitrogens with zero attached hydrogens (tertiary/aromatic N) is 1. The summed E-state index contributed by atoms with van der Waals surface area (Å²) in [5, 5.41) is 0. The van der Waals surface area contributed by atoms with Crippen LogP contribution < -0.4 is 5.73 Å². The molecule has 0 radical (unpaired) electrons. The predicted molar refractivity (Wildman–Crippen MR) is 67.2 cm³/mol. The Balaban J connectivity index is 2.48. The average Bonchev–Trinajstić information content (AvgIpc) is 2.18. The van der Waals surface area contributed by atoms with Gasteiger partial charge in [-0.3, -0.25) is 4.90 Å². The fraction of sp³-hybridized carbons (Fsp3) is 1.00. The van der Waals surface area contributed by atoms with Crippen LogP contribution in [0.15, 0.2) is 0 Å². The highest BCUT2D eigenvalue weighted by molar-refractivity contribution is 4.85. The third-order valence-electron chi connectivity index (χ3n) is 4.02. The van der Waals surface area contributed by atoms with E-state index in [-0.39, 0.29) is 12.0 Å². The van der Waals surface area contributed by atoms with Crippen LogP contribution in [-0.4, -0.2) is 37.3 Å². The minimum atomic E-state index is -4.12. The lowest BCUT2D eigenvalue weighted by molar-refractivity contribution is -0.144. The summed E-state index contributed by atoms with van der Waals surface area (Å²) in [7, 11) is 1.53. The molecule has 0 saturated heterocycles. The van der Waals surface area contributed by atoms with Crippen LogP contribution in [0.1, 0.15) is 33.1 Å². The number of nitrogens with two attached hydrogens (primary N) is 1. The molecular weight excluding hydrogens is 241 g/mol. The quantitative estimate of drug-likeness (QED) is 0.847. The Morgan fingerprint density at radius 3 is 2.39 bits per heavy atom. The minimum Gasteiger partial charge on any atom is -0.327 e. The molecule has 5 heteroatoms. The highest BCUT2D eigenvalue weighted by Gasteiger charge is 2.33. The van der Waals surface area contributed by atoms with Crippen LogP contribution in [0, 0.1) is 17.8 Å². The molecule has 2 nitrogen and oxygen atoms in total. The molecule has 0 aromatic heterocycles. The van der Waals surface area contributed by atoms with Crippen LogP contribution >= 0.6 is 0 Å². The molecule has 3 atom stereocenters. The molecule has 0 bridgehead atoms. The van der Waals surface area contributed by atoms with Crippen LogP contribution in [0.4, 0.5) is 13.2 Å². The Kier molecular flexibility index (Phi) is 5.46. The molecule has 1 fully saturated rings. The van der Waals surface area contributed by atoms with Gasteiger partial charge >= 0.3 is 6.18 Å². The summed E-state index contributed by atoms with van der Waals surface area (Å²) < 4.78 is 36.9. The van der Waals surface area contributed by atoms with Crippen molar-refractivity contribution in [3.05, 3.63) is 0 Å². The van der Waals surface area contributed by atoms with Gasteiger partial charge < -0.3 is 5.73 Å². The second kappa shape index (κ2) is 6.24. The predicted octanol–water partition coefficient (Wildman–Crippen LogP) is 2.88. The van der Waals surface area contributed by atoms with Gasteiger partial charge in [0.15, 0.2) is 0 Å². The van der Waals surface area contributed by atoms with E-state index in [1.807, 2.05) is 0 Å². The molecule has 0 aromatic rings. The molecule has 2 N–H and O–H groups in total. The van der Waals surface area contributed by atoms with Crippen LogP contribution in [0.25, 0.3) is 0 Å². The van der Waals surface area contributed by atoms with Gasteiger partial charge in [0.1, 0.15) is 0 Å². The van der Waals surface area contributed by atoms with E-state index in [1.165, 1.54) is 11.9 Å². The topological polar surface area (TPSA) is 29.3 Å². The first kappa shape index (κ1) is 15.8. The molecule has 0 aliphatic heterocycles. The van der Waals surface area contributed by atoms with Gasteiger partial charge in [0.05, 0.1) is 6.54 Å². The monoisotopic (exact) mass is 266 g/mol. The highest BCUT2D eigenvalue weighted by Crippen LogP contribution is 2.33. The van der Waals surface area contributed by atoms with E-state index in [2.05, 4.69) is 13.8 Å². The molecule has 1 rings (SSSR count). The van der Waals surface area contributed by atoms with Crippen molar-refractivity contribution in [3.8, 4) is 0 Å². The molecule has 1 saturated carbocycles. The molecule has 0 spiro atoms. The molecule has 0 amide bonds. The standard InChI is InChI=1S/C13H25F3N2/c1-9(2)10-4-5-12(17)11(6-10)7-18(3)8-13(14,15)16/h9-12H,4-8,17H2,1-3H3. The van der Waals surface area contributed by atoms with Gasteiger partial charge in [-0.25, -0.2) is 0 Å². The van der Waals surface area contributed by atoms with E-state index in [1.54, 1.807) is 0 Å². The van der Waals surface area contributed by atoms with Crippen molar-refractivity contribution in [1.29, 1.82) is 0 Å². The van der Waals surface area contributed by atoms with Crippen molar-refractivity contribution in [2.45, 2.75) is 45.3 Å². The zero-order valence-corrected chi connectivity index (χ0v) is 11.5. The van der Waals surface area contributed by atoms with Gasteiger partial charge in [0.25, 0.3) is 0 Å². The third kappa shape index (κ3) is 5.14. The maximum absolute atomic E-state index is 12.3. The van der Waals surface area contributed by atoms with Gasteiger partial charge in [0.2, 0.25) is 0 Å². The average molecular weight is 266 g/mol. The summed E-state index contributed by atoms with van der Waals surface area (Å²) in [4.78, 5) is 1.35. The first-order chi connectivity index (χ1) is 8.19. The molecule has 18 heavy (non-hydrogen) atoms. The summed E-state index contributed by atoms with van der Waals surface area (Å²) in [6, 6.07) is 0.0516. The summed E-state index contributed by atoms with van der Waals surface area (Å²) in [6.45, 7) is 3.96. The van der Waals surface area contributed by atoms with Crippen LogP contribution in [0.2, 0.25) is 0 Å². The maximum atomic E-state index is 12.3. The fourth-order valence-electron chi connectivity index (χ4n) is 2.91. The second-order valence-corrected chi connectivity index (χ2v) is 6.05. The smallest absolute Gasteiger partial charge is 0.327 e. The van der Waals surface area contributed by atoms with Gasteiger partial charge in [-0.15, -0.1) is 0 Å². The van der Waals surface area contributed by atoms with E-state index in [0.29, 0.717) is 18.4 Å². The van der Waals surface area contributed by atoms with E-state index in [9.17, 15) is 13.2 Å². The Hall–Kier alpha value is -0.290. The largest absolute Gasteiger partial charge is 0.401 e. The summed E-state index contributed by atoms with van der Waals surface area (Å²) in [5.74, 6) is 1.39. The Morgan fingerprint density at radius 1 is 1.28 bits per heavy atom. The normalized spacial score (nSPS) is 30.2. The summed E-state index contributed by atoms with van der Waals surface area (Å²) in [6.07, 6.45) is -1.11. The second-order valence-electron chi connectivity index (χ2n) is 6.05. The van der Waals surface area contributed by atoms with E-state index in [4.69, 9.17) is 5.73 Å².